The van der Waals surface area contributed by atoms with Crippen molar-refractivity contribution in [2.75, 3.05) is 14.1 Å². The van der Waals surface area contributed by atoms with Crippen LogP contribution in [0, 0.1) is 5.92 Å². The summed E-state index contributed by atoms with van der Waals surface area (Å²) in [6, 6.07) is 17.9. The Kier molecular flexibility index (Phi) is 6.62. The molecule has 0 N–H and O–H groups in total. The van der Waals surface area contributed by atoms with Gasteiger partial charge in [0.25, 0.3) is 0 Å². The number of fused-ring (bicyclic) bond motifs is 2. The van der Waals surface area contributed by atoms with Crippen molar-refractivity contribution < 1.29 is 28.5 Å². The lowest BCUT2D eigenvalue weighted by atomic mass is 9.85. The van der Waals surface area contributed by atoms with E-state index in [1.165, 1.54) is 46.9 Å². The van der Waals surface area contributed by atoms with Crippen LogP contribution in [-0.2, 0) is 0 Å². The predicted octanol–water partition coefficient (Wildman–Crippen LogP) is 3.45. The largest absolute Gasteiger partial charge is 1.00 e. The van der Waals surface area contributed by atoms with E-state index in [0.717, 1.165) is 22.1 Å². The minimum absolute atomic E-state index is 0. The maximum Gasteiger partial charge on any atom is 0.0896 e. The number of hydrogen-bond donors (Lipinski definition) is 0. The summed E-state index contributed by atoms with van der Waals surface area (Å²) in [6.45, 7) is 0. The van der Waals surface area contributed by atoms with E-state index < -0.39 is 0 Å². The smallest absolute Gasteiger partial charge is 0.0896 e. The molecule has 0 aromatic heterocycles. The van der Waals surface area contributed by atoms with E-state index >= 15 is 0 Å². The van der Waals surface area contributed by atoms with Crippen molar-refractivity contribution in [3.63, 3.8) is 0 Å². The second-order valence-electron chi connectivity index (χ2n) is 8.35. The third kappa shape index (κ3) is 4.39. The van der Waals surface area contributed by atoms with Crippen molar-refractivity contribution in [3.8, 4) is 0 Å². The summed E-state index contributed by atoms with van der Waals surface area (Å²) in [5.74, 6) is 0.617. The van der Waals surface area contributed by atoms with Gasteiger partial charge in [-0.2, -0.15) is 0 Å². The van der Waals surface area contributed by atoms with Gasteiger partial charge >= 0.3 is 0 Å². The van der Waals surface area contributed by atoms with E-state index in [1.807, 2.05) is 24.3 Å². The highest BCUT2D eigenvalue weighted by Crippen LogP contribution is 2.43. The maximum atomic E-state index is 6.29. The number of nitrogens with zero attached hydrogens (tertiary/aromatic N) is 1. The SMILES string of the molecule is C[N+]1(C)[C@@H]2CC[C@H]1C[C@@H](C=C(c1cccc(Cl)c1)c1cccc(Cl)c1)C2.[I-]. The van der Waals surface area contributed by atoms with Gasteiger partial charge in [-0.1, -0.05) is 53.5 Å². The fourth-order valence-corrected chi connectivity index (χ4v) is 5.35. The third-order valence-electron chi connectivity index (χ3n) is 6.54. The molecule has 4 heteroatoms. The lowest BCUT2D eigenvalue weighted by molar-refractivity contribution is -0.931. The Bertz CT molecular complexity index is 782. The molecule has 144 valence electrons. The van der Waals surface area contributed by atoms with Crippen molar-refractivity contribution in [3.05, 3.63) is 75.8 Å². The van der Waals surface area contributed by atoms with E-state index in [1.54, 1.807) is 0 Å². The zero-order valence-electron chi connectivity index (χ0n) is 15.8. The van der Waals surface area contributed by atoms with Crippen LogP contribution in [0.4, 0.5) is 0 Å². The van der Waals surface area contributed by atoms with E-state index in [2.05, 4.69) is 44.4 Å². The highest BCUT2D eigenvalue weighted by atomic mass is 127. The molecule has 3 atom stereocenters. The highest BCUT2D eigenvalue weighted by molar-refractivity contribution is 6.31. The van der Waals surface area contributed by atoms with Gasteiger partial charge in [0.05, 0.1) is 26.2 Å². The Morgan fingerprint density at radius 2 is 1.37 bits per heavy atom. The summed E-state index contributed by atoms with van der Waals surface area (Å²) in [4.78, 5) is 0. The fraction of sp³-hybridized carbons (Fsp3) is 0.391. The van der Waals surface area contributed by atoms with Gasteiger partial charge in [-0.3, -0.25) is 0 Å². The lowest BCUT2D eigenvalue weighted by Crippen LogP contribution is -3.00. The van der Waals surface area contributed by atoms with Crippen LogP contribution >= 0.6 is 23.2 Å². The summed E-state index contributed by atoms with van der Waals surface area (Å²) in [7, 11) is 4.83. The normalized spacial score (nSPS) is 25.6. The molecular formula is C23H26Cl2IN. The number of allylic oxidation sites excluding steroid dienone is 1. The van der Waals surface area contributed by atoms with E-state index in [9.17, 15) is 0 Å². The van der Waals surface area contributed by atoms with Gasteiger partial charge in [0, 0.05) is 35.7 Å². The van der Waals surface area contributed by atoms with Crippen LogP contribution < -0.4 is 24.0 Å². The first kappa shape index (κ1) is 21.2. The molecule has 27 heavy (non-hydrogen) atoms. The summed E-state index contributed by atoms with van der Waals surface area (Å²) in [5.41, 5.74) is 3.60. The van der Waals surface area contributed by atoms with Crippen LogP contribution in [-0.4, -0.2) is 30.7 Å². The van der Waals surface area contributed by atoms with Crippen LogP contribution in [0.15, 0.2) is 54.6 Å². The summed E-state index contributed by atoms with van der Waals surface area (Å²) in [5, 5.41) is 1.55. The zero-order chi connectivity index (χ0) is 18.3. The van der Waals surface area contributed by atoms with Gasteiger partial charge in [-0.25, -0.2) is 0 Å². The Morgan fingerprint density at radius 1 is 0.889 bits per heavy atom. The standard InChI is InChI=1S/C23H26Cl2N.HI/c1-26(2)21-9-10-22(26)12-16(11-21)13-23(17-5-3-7-19(24)14-17)18-6-4-8-20(25)15-18;/h3-8,13-16,21-22H,9-12H2,1-2H3;1H/q+1;/p-1/t16-,21+,22-;. The number of benzene rings is 2. The summed E-state index contributed by atoms with van der Waals surface area (Å²) < 4.78 is 1.20. The summed E-state index contributed by atoms with van der Waals surface area (Å²) >= 11 is 12.6. The first-order valence-corrected chi connectivity index (χ1v) is 10.3. The molecule has 0 saturated carbocycles. The molecule has 0 radical (unpaired) electrons. The van der Waals surface area contributed by atoms with Crippen molar-refractivity contribution in [2.24, 2.45) is 5.92 Å². The first-order valence-electron chi connectivity index (χ1n) is 9.50. The van der Waals surface area contributed by atoms with E-state index in [-0.39, 0.29) is 24.0 Å². The Labute approximate surface area is 190 Å². The van der Waals surface area contributed by atoms with Gasteiger partial charge in [0.2, 0.25) is 0 Å². The molecule has 0 spiro atoms. The Morgan fingerprint density at radius 3 is 1.81 bits per heavy atom. The maximum absolute atomic E-state index is 6.29. The molecule has 4 rings (SSSR count). The molecule has 1 nitrogen and oxygen atoms in total. The number of piperidine rings is 1. The average Bonchev–Trinajstić information content (AvgIpc) is 2.77. The molecule has 2 aromatic carbocycles. The van der Waals surface area contributed by atoms with Crippen molar-refractivity contribution >= 4 is 28.8 Å². The van der Waals surface area contributed by atoms with Crippen molar-refractivity contribution in [2.45, 2.75) is 37.8 Å². The summed E-state index contributed by atoms with van der Waals surface area (Å²) in [6.07, 6.45) is 7.77. The average molecular weight is 514 g/mol. The van der Waals surface area contributed by atoms with Crippen LogP contribution in [0.1, 0.15) is 36.8 Å². The molecule has 2 fully saturated rings. The third-order valence-corrected chi connectivity index (χ3v) is 7.01. The number of quaternary nitrogens is 1. The Balaban J connectivity index is 0.00000210. The minimum Gasteiger partial charge on any atom is -1.00 e. The highest BCUT2D eigenvalue weighted by Gasteiger charge is 2.48. The minimum atomic E-state index is 0. The molecular weight excluding hydrogens is 488 g/mol. The molecule has 0 unspecified atom stereocenters. The molecule has 2 bridgehead atoms. The fourth-order valence-electron chi connectivity index (χ4n) is 4.97. The van der Waals surface area contributed by atoms with Gasteiger partial charge in [0.15, 0.2) is 0 Å². The quantitative estimate of drug-likeness (QED) is 0.435. The molecule has 2 aliphatic heterocycles. The van der Waals surface area contributed by atoms with Crippen molar-refractivity contribution in [1.29, 1.82) is 0 Å². The lowest BCUT2D eigenvalue weighted by Gasteiger charge is -2.44. The molecule has 2 aromatic rings. The van der Waals surface area contributed by atoms with Crippen LogP contribution in [0.5, 0.6) is 0 Å². The van der Waals surface area contributed by atoms with Crippen LogP contribution in [0.2, 0.25) is 10.0 Å². The van der Waals surface area contributed by atoms with Crippen LogP contribution in [0.3, 0.4) is 0 Å². The first-order chi connectivity index (χ1) is 12.4. The molecule has 0 aliphatic carbocycles. The van der Waals surface area contributed by atoms with Crippen LogP contribution in [0.25, 0.3) is 5.57 Å². The topological polar surface area (TPSA) is 0 Å². The molecule has 2 aliphatic rings. The van der Waals surface area contributed by atoms with Gasteiger partial charge in [-0.05, 0) is 46.9 Å². The van der Waals surface area contributed by atoms with E-state index in [4.69, 9.17) is 23.2 Å². The van der Waals surface area contributed by atoms with Gasteiger partial charge < -0.3 is 28.5 Å². The second kappa shape index (κ2) is 8.44. The zero-order valence-corrected chi connectivity index (χ0v) is 19.5. The monoisotopic (exact) mass is 513 g/mol. The van der Waals surface area contributed by atoms with Crippen molar-refractivity contribution in [1.82, 2.24) is 0 Å². The molecule has 0 amide bonds. The number of hydrogen-bond acceptors (Lipinski definition) is 0. The molecule has 2 saturated heterocycles. The second-order valence-corrected chi connectivity index (χ2v) is 9.22. The molecule has 2 heterocycles. The van der Waals surface area contributed by atoms with E-state index in [0.29, 0.717) is 5.92 Å². The predicted molar refractivity (Wildman–Crippen MR) is 112 cm³/mol. The Hall–Kier alpha value is -0.550. The number of rotatable bonds is 3. The van der Waals surface area contributed by atoms with Gasteiger partial charge in [-0.15, -0.1) is 0 Å². The van der Waals surface area contributed by atoms with Gasteiger partial charge in [0.1, 0.15) is 0 Å². The number of halogens is 3.